The number of carbonyl (C=O) groups excluding carboxylic acids is 1. The molecule has 0 aromatic carbocycles. The minimum Gasteiger partial charge on any atom is -0.505 e. The zero-order chi connectivity index (χ0) is 10.0. The Morgan fingerprint density at radius 1 is 1.62 bits per heavy atom. The number of pyridine rings is 1. The Hall–Kier alpha value is -1.62. The van der Waals surface area contributed by atoms with E-state index in [1.54, 1.807) is 0 Å². The summed E-state index contributed by atoms with van der Waals surface area (Å²) in [5.74, 6) is -0.159. The van der Waals surface area contributed by atoms with Gasteiger partial charge in [0.1, 0.15) is 11.6 Å². The summed E-state index contributed by atoms with van der Waals surface area (Å²) in [5, 5.41) is 18.2. The molecule has 0 saturated carbocycles. The van der Waals surface area contributed by atoms with E-state index in [0.29, 0.717) is 6.29 Å². The van der Waals surface area contributed by atoms with Gasteiger partial charge < -0.3 is 15.9 Å². The highest BCUT2D eigenvalue weighted by Gasteiger charge is 2.13. The van der Waals surface area contributed by atoms with Crippen LogP contribution in [0.5, 0.6) is 5.75 Å². The first-order chi connectivity index (χ1) is 6.11. The number of nitrogens with zero attached hydrogens (tertiary/aromatic N) is 1. The molecular formula is C8H10N2O3. The average molecular weight is 182 g/mol. The van der Waals surface area contributed by atoms with Gasteiger partial charge in [-0.15, -0.1) is 0 Å². The summed E-state index contributed by atoms with van der Waals surface area (Å²) in [7, 11) is 0. The van der Waals surface area contributed by atoms with E-state index in [4.69, 9.17) is 10.8 Å². The van der Waals surface area contributed by atoms with Crippen LogP contribution in [-0.2, 0) is 6.61 Å². The molecule has 4 N–H and O–H groups in total. The molecule has 0 spiro atoms. The molecule has 0 saturated heterocycles. The van der Waals surface area contributed by atoms with Gasteiger partial charge in [0.05, 0.1) is 17.9 Å². The Morgan fingerprint density at radius 2 is 2.23 bits per heavy atom. The van der Waals surface area contributed by atoms with Crippen molar-refractivity contribution < 1.29 is 15.0 Å². The normalized spacial score (nSPS) is 10.0. The largest absolute Gasteiger partial charge is 0.505 e. The number of carbonyl (C=O) groups is 1. The molecule has 1 aromatic rings. The van der Waals surface area contributed by atoms with Crippen molar-refractivity contribution in [3.05, 3.63) is 16.8 Å². The van der Waals surface area contributed by atoms with Crippen molar-refractivity contribution in [3.8, 4) is 5.75 Å². The molecule has 1 heterocycles. The molecular weight excluding hydrogens is 172 g/mol. The van der Waals surface area contributed by atoms with Crippen LogP contribution in [0.2, 0.25) is 0 Å². The molecule has 0 atom stereocenters. The van der Waals surface area contributed by atoms with Crippen molar-refractivity contribution in [2.45, 2.75) is 13.5 Å². The average Bonchev–Trinajstić information content (AvgIpc) is 2.10. The van der Waals surface area contributed by atoms with E-state index < -0.39 is 6.61 Å². The number of aromatic nitrogens is 1. The fourth-order valence-electron chi connectivity index (χ4n) is 1.07. The van der Waals surface area contributed by atoms with E-state index in [1.165, 1.54) is 6.92 Å². The van der Waals surface area contributed by atoms with Crippen molar-refractivity contribution in [1.82, 2.24) is 4.98 Å². The van der Waals surface area contributed by atoms with Crippen molar-refractivity contribution >= 4 is 12.1 Å². The Morgan fingerprint density at radius 3 is 2.69 bits per heavy atom. The number of hydrogen-bond donors (Lipinski definition) is 3. The lowest BCUT2D eigenvalue weighted by Crippen LogP contribution is -2.04. The number of anilines is 1. The number of hydrogen-bond acceptors (Lipinski definition) is 5. The molecule has 0 aliphatic rings. The summed E-state index contributed by atoms with van der Waals surface area (Å²) < 4.78 is 0. The number of aliphatic hydroxyl groups is 1. The van der Waals surface area contributed by atoms with Gasteiger partial charge in [-0.25, -0.2) is 4.98 Å². The maximum Gasteiger partial charge on any atom is 0.154 e. The summed E-state index contributed by atoms with van der Waals surface area (Å²) in [6.45, 7) is 1.11. The van der Waals surface area contributed by atoms with Crippen molar-refractivity contribution in [1.29, 1.82) is 0 Å². The molecule has 1 aromatic heterocycles. The van der Waals surface area contributed by atoms with E-state index in [-0.39, 0.29) is 28.4 Å². The maximum absolute atomic E-state index is 10.6. The third kappa shape index (κ3) is 1.46. The summed E-state index contributed by atoms with van der Waals surface area (Å²) >= 11 is 0. The van der Waals surface area contributed by atoms with Gasteiger partial charge in [-0.1, -0.05) is 0 Å². The number of aliphatic hydroxyl groups excluding tert-OH is 1. The number of aldehydes is 1. The molecule has 70 valence electrons. The topological polar surface area (TPSA) is 96.4 Å². The van der Waals surface area contributed by atoms with Crippen LogP contribution >= 0.6 is 0 Å². The van der Waals surface area contributed by atoms with Gasteiger partial charge in [-0.2, -0.15) is 0 Å². The SMILES string of the molecule is Cc1nc(N)c(CO)c(C=O)c1O. The molecule has 0 fully saturated rings. The van der Waals surface area contributed by atoms with Gasteiger partial charge in [-0.3, -0.25) is 4.79 Å². The number of aromatic hydroxyl groups is 1. The monoisotopic (exact) mass is 182 g/mol. The fraction of sp³-hybridized carbons (Fsp3) is 0.250. The first kappa shape index (κ1) is 9.47. The van der Waals surface area contributed by atoms with Crippen LogP contribution in [0.25, 0.3) is 0 Å². The van der Waals surface area contributed by atoms with Crippen molar-refractivity contribution in [2.24, 2.45) is 0 Å². The van der Waals surface area contributed by atoms with Gasteiger partial charge in [0.15, 0.2) is 6.29 Å². The first-order valence-corrected chi connectivity index (χ1v) is 3.65. The van der Waals surface area contributed by atoms with Crippen LogP contribution < -0.4 is 5.73 Å². The highest BCUT2D eigenvalue weighted by molar-refractivity contribution is 5.84. The van der Waals surface area contributed by atoms with E-state index in [9.17, 15) is 9.90 Å². The van der Waals surface area contributed by atoms with Gasteiger partial charge in [-0.05, 0) is 6.92 Å². The number of nitrogen functional groups attached to an aromatic ring is 1. The third-order valence-electron chi connectivity index (χ3n) is 1.80. The summed E-state index contributed by atoms with van der Waals surface area (Å²) in [6.07, 6.45) is 0.450. The van der Waals surface area contributed by atoms with Gasteiger partial charge in [0.2, 0.25) is 0 Å². The molecule has 0 unspecified atom stereocenters. The van der Waals surface area contributed by atoms with Gasteiger partial charge >= 0.3 is 0 Å². The molecule has 1 rings (SSSR count). The Bertz CT molecular complexity index is 350. The zero-order valence-electron chi connectivity index (χ0n) is 7.11. The van der Waals surface area contributed by atoms with E-state index >= 15 is 0 Å². The van der Waals surface area contributed by atoms with Crippen LogP contribution in [0.4, 0.5) is 5.82 Å². The second kappa shape index (κ2) is 3.40. The Balaban J connectivity index is 3.50. The number of rotatable bonds is 2. The lowest BCUT2D eigenvalue weighted by atomic mass is 10.1. The molecule has 0 bridgehead atoms. The van der Waals surface area contributed by atoms with Crippen LogP contribution in [0.3, 0.4) is 0 Å². The minimum absolute atomic E-state index is 0.00694. The molecule has 5 heteroatoms. The minimum atomic E-state index is -0.416. The van der Waals surface area contributed by atoms with Crippen LogP contribution in [0.1, 0.15) is 21.6 Å². The molecule has 0 amide bonds. The Kier molecular flexibility index (Phi) is 2.48. The highest BCUT2D eigenvalue weighted by atomic mass is 16.3. The maximum atomic E-state index is 10.6. The predicted octanol–water partition coefficient (Wildman–Crippen LogP) is -0.0174. The van der Waals surface area contributed by atoms with Crippen LogP contribution in [0.15, 0.2) is 0 Å². The van der Waals surface area contributed by atoms with Gasteiger partial charge in [0.25, 0.3) is 0 Å². The molecule has 13 heavy (non-hydrogen) atoms. The van der Waals surface area contributed by atoms with E-state index in [0.717, 1.165) is 0 Å². The summed E-state index contributed by atoms with van der Waals surface area (Å²) in [4.78, 5) is 14.3. The lowest BCUT2D eigenvalue weighted by molar-refractivity contribution is 0.111. The molecule has 0 aliphatic carbocycles. The standard InChI is InChI=1S/C8H10N2O3/c1-4-7(13)5(2-11)6(3-12)8(9)10-4/h2,12-13H,3H2,1H3,(H2,9,10). The Labute approximate surface area is 74.8 Å². The first-order valence-electron chi connectivity index (χ1n) is 3.65. The highest BCUT2D eigenvalue weighted by Crippen LogP contribution is 2.25. The predicted molar refractivity (Wildman–Crippen MR) is 46.4 cm³/mol. The number of aryl methyl sites for hydroxylation is 1. The quantitative estimate of drug-likeness (QED) is 0.558. The second-order valence-electron chi connectivity index (χ2n) is 2.60. The van der Waals surface area contributed by atoms with Crippen LogP contribution in [0, 0.1) is 6.92 Å². The number of nitrogens with two attached hydrogens (primary N) is 1. The fourth-order valence-corrected chi connectivity index (χ4v) is 1.07. The van der Waals surface area contributed by atoms with Crippen molar-refractivity contribution in [2.75, 3.05) is 5.73 Å². The molecule has 0 radical (unpaired) electrons. The lowest BCUT2D eigenvalue weighted by Gasteiger charge is -2.08. The molecule has 0 aliphatic heterocycles. The molecule has 5 nitrogen and oxygen atoms in total. The van der Waals surface area contributed by atoms with Crippen molar-refractivity contribution in [3.63, 3.8) is 0 Å². The van der Waals surface area contributed by atoms with E-state index in [1.807, 2.05) is 0 Å². The zero-order valence-corrected chi connectivity index (χ0v) is 7.11. The smallest absolute Gasteiger partial charge is 0.154 e. The van der Waals surface area contributed by atoms with Gasteiger partial charge in [0, 0.05) is 5.56 Å². The summed E-state index contributed by atoms with van der Waals surface area (Å²) in [6, 6.07) is 0. The second-order valence-corrected chi connectivity index (χ2v) is 2.60. The van der Waals surface area contributed by atoms with Crippen LogP contribution in [-0.4, -0.2) is 21.5 Å². The van der Waals surface area contributed by atoms with E-state index in [2.05, 4.69) is 4.98 Å². The third-order valence-corrected chi connectivity index (χ3v) is 1.80. The summed E-state index contributed by atoms with van der Waals surface area (Å²) in [5.41, 5.74) is 5.88.